The molecule has 1 aliphatic rings. The van der Waals surface area contributed by atoms with Crippen molar-refractivity contribution in [1.82, 2.24) is 0 Å². The van der Waals surface area contributed by atoms with Crippen molar-refractivity contribution in [2.45, 2.75) is 12.3 Å². The maximum Gasteiger partial charge on any atom is 0.225 e. The van der Waals surface area contributed by atoms with E-state index < -0.39 is 0 Å². The second-order valence-electron chi connectivity index (χ2n) is 5.70. The van der Waals surface area contributed by atoms with Crippen LogP contribution in [0.5, 0.6) is 23.0 Å². The molecule has 2 aromatic rings. The molecule has 1 atom stereocenters. The van der Waals surface area contributed by atoms with E-state index in [0.717, 1.165) is 11.1 Å². The summed E-state index contributed by atoms with van der Waals surface area (Å²) in [6, 6.07) is 9.23. The van der Waals surface area contributed by atoms with Crippen molar-refractivity contribution in [2.75, 3.05) is 33.8 Å². The van der Waals surface area contributed by atoms with E-state index in [1.54, 1.807) is 34.5 Å². The van der Waals surface area contributed by atoms with Gasteiger partial charge in [-0.25, -0.2) is 0 Å². The lowest BCUT2D eigenvalue weighted by Crippen LogP contribution is -2.24. The smallest absolute Gasteiger partial charge is 0.225 e. The van der Waals surface area contributed by atoms with E-state index in [1.807, 2.05) is 24.3 Å². The molecular formula is C19H21NO5. The summed E-state index contributed by atoms with van der Waals surface area (Å²) in [5, 5.41) is 2.90. The molecule has 6 heteroatoms. The number of rotatable bonds is 5. The molecule has 1 aliphatic heterocycles. The first-order valence-corrected chi connectivity index (χ1v) is 7.89. The maximum absolute atomic E-state index is 12.3. The third-order valence-electron chi connectivity index (χ3n) is 4.40. The highest BCUT2D eigenvalue weighted by Gasteiger charge is 2.32. The van der Waals surface area contributed by atoms with Crippen LogP contribution in [-0.2, 0) is 4.79 Å². The number of anilines is 1. The molecular weight excluding hydrogens is 322 g/mol. The first-order valence-electron chi connectivity index (χ1n) is 7.89. The van der Waals surface area contributed by atoms with Crippen LogP contribution in [0.4, 0.5) is 5.69 Å². The second kappa shape index (κ2) is 6.93. The molecule has 25 heavy (non-hydrogen) atoms. The molecule has 0 aromatic heterocycles. The zero-order valence-corrected chi connectivity index (χ0v) is 14.7. The summed E-state index contributed by atoms with van der Waals surface area (Å²) in [7, 11) is 6.39. The molecule has 0 bridgehead atoms. The number of carbonyl (C=O) groups is 1. The van der Waals surface area contributed by atoms with E-state index in [-0.39, 0.29) is 11.8 Å². The summed E-state index contributed by atoms with van der Waals surface area (Å²) < 4.78 is 21.7. The third-order valence-corrected chi connectivity index (χ3v) is 4.40. The molecule has 1 N–H and O–H groups in total. The Morgan fingerprint density at radius 2 is 1.56 bits per heavy atom. The van der Waals surface area contributed by atoms with E-state index in [2.05, 4.69) is 5.32 Å². The summed E-state index contributed by atoms with van der Waals surface area (Å²) in [5.41, 5.74) is 2.50. The zero-order chi connectivity index (χ0) is 18.0. The van der Waals surface area contributed by atoms with E-state index >= 15 is 0 Å². The number of methoxy groups -OCH3 is 4. The van der Waals surface area contributed by atoms with Crippen LogP contribution in [0.15, 0.2) is 30.3 Å². The minimum atomic E-state index is -0.189. The molecule has 1 heterocycles. The summed E-state index contributed by atoms with van der Waals surface area (Å²) in [6.07, 6.45) is 0.304. The van der Waals surface area contributed by atoms with E-state index in [1.165, 1.54) is 0 Å². The Bertz CT molecular complexity index is 803. The summed E-state index contributed by atoms with van der Waals surface area (Å²) in [5.74, 6) is 2.40. The SMILES string of the molecule is COc1ccc([C@@H]2CC(=O)Nc3cc(OC)cc(OC)c32)c(OC)c1. The molecule has 0 aliphatic carbocycles. The standard InChI is InChI=1S/C19H21NO5/c1-22-11-5-6-13(16(8-11)24-3)14-10-18(21)20-15-7-12(23-2)9-17(25-4)19(14)15/h5-9,14H,10H2,1-4H3,(H,20,21)/t14-/m0/s1. The van der Waals surface area contributed by atoms with Gasteiger partial charge in [0.05, 0.1) is 34.1 Å². The number of hydrogen-bond donors (Lipinski definition) is 1. The molecule has 0 spiro atoms. The average molecular weight is 343 g/mol. The number of ether oxygens (including phenoxy) is 4. The van der Waals surface area contributed by atoms with Crippen LogP contribution >= 0.6 is 0 Å². The van der Waals surface area contributed by atoms with Crippen molar-refractivity contribution in [1.29, 1.82) is 0 Å². The lowest BCUT2D eigenvalue weighted by Gasteiger charge is -2.29. The van der Waals surface area contributed by atoms with Gasteiger partial charge < -0.3 is 24.3 Å². The number of benzene rings is 2. The highest BCUT2D eigenvalue weighted by molar-refractivity contribution is 5.96. The van der Waals surface area contributed by atoms with Crippen LogP contribution in [0.3, 0.4) is 0 Å². The van der Waals surface area contributed by atoms with Crippen molar-refractivity contribution in [2.24, 2.45) is 0 Å². The Labute approximate surface area is 146 Å². The largest absolute Gasteiger partial charge is 0.497 e. The summed E-state index contributed by atoms with van der Waals surface area (Å²) in [4.78, 5) is 12.3. The molecule has 1 amide bonds. The Balaban J connectivity index is 2.18. The fourth-order valence-electron chi connectivity index (χ4n) is 3.21. The fourth-order valence-corrected chi connectivity index (χ4v) is 3.21. The van der Waals surface area contributed by atoms with E-state index in [0.29, 0.717) is 35.1 Å². The number of carbonyl (C=O) groups excluding carboxylic acids is 1. The van der Waals surface area contributed by atoms with Gasteiger partial charge >= 0.3 is 0 Å². The van der Waals surface area contributed by atoms with Gasteiger partial charge in [0.15, 0.2) is 0 Å². The molecule has 0 saturated carbocycles. The van der Waals surface area contributed by atoms with Crippen LogP contribution in [0.1, 0.15) is 23.5 Å². The molecule has 0 radical (unpaired) electrons. The van der Waals surface area contributed by atoms with Gasteiger partial charge in [-0.3, -0.25) is 4.79 Å². The molecule has 0 fully saturated rings. The minimum Gasteiger partial charge on any atom is -0.497 e. The lowest BCUT2D eigenvalue weighted by molar-refractivity contribution is -0.116. The van der Waals surface area contributed by atoms with E-state index in [4.69, 9.17) is 18.9 Å². The first-order chi connectivity index (χ1) is 12.1. The van der Waals surface area contributed by atoms with Crippen molar-refractivity contribution in [3.8, 4) is 23.0 Å². The van der Waals surface area contributed by atoms with Gasteiger partial charge in [0.25, 0.3) is 0 Å². The van der Waals surface area contributed by atoms with Crippen LogP contribution < -0.4 is 24.3 Å². The normalized spacial score (nSPS) is 15.8. The number of fused-ring (bicyclic) bond motifs is 1. The topological polar surface area (TPSA) is 66.0 Å². The van der Waals surface area contributed by atoms with Crippen molar-refractivity contribution in [3.63, 3.8) is 0 Å². The number of amides is 1. The quantitative estimate of drug-likeness (QED) is 0.903. The monoisotopic (exact) mass is 343 g/mol. The number of nitrogens with one attached hydrogen (secondary N) is 1. The van der Waals surface area contributed by atoms with Crippen LogP contribution in [0.25, 0.3) is 0 Å². The Hall–Kier alpha value is -2.89. The van der Waals surface area contributed by atoms with Crippen LogP contribution in [-0.4, -0.2) is 34.3 Å². The predicted molar refractivity (Wildman–Crippen MR) is 94.2 cm³/mol. The van der Waals surface area contributed by atoms with Crippen molar-refractivity contribution < 1.29 is 23.7 Å². The number of hydrogen-bond acceptors (Lipinski definition) is 5. The second-order valence-corrected chi connectivity index (χ2v) is 5.70. The molecule has 0 saturated heterocycles. The van der Waals surface area contributed by atoms with Crippen LogP contribution in [0.2, 0.25) is 0 Å². The lowest BCUT2D eigenvalue weighted by atomic mass is 9.83. The Morgan fingerprint density at radius 1 is 0.880 bits per heavy atom. The van der Waals surface area contributed by atoms with Gasteiger partial charge in [0.2, 0.25) is 5.91 Å². The average Bonchev–Trinajstić information content (AvgIpc) is 2.65. The highest BCUT2D eigenvalue weighted by atomic mass is 16.5. The molecule has 132 valence electrons. The maximum atomic E-state index is 12.3. The van der Waals surface area contributed by atoms with Gasteiger partial charge in [-0.15, -0.1) is 0 Å². The summed E-state index contributed by atoms with van der Waals surface area (Å²) in [6.45, 7) is 0. The zero-order valence-electron chi connectivity index (χ0n) is 14.7. The molecule has 2 aromatic carbocycles. The fraction of sp³-hybridized carbons (Fsp3) is 0.316. The molecule has 0 unspecified atom stereocenters. The van der Waals surface area contributed by atoms with Gasteiger partial charge in [0, 0.05) is 41.7 Å². The molecule has 6 nitrogen and oxygen atoms in total. The van der Waals surface area contributed by atoms with Crippen molar-refractivity contribution in [3.05, 3.63) is 41.5 Å². The van der Waals surface area contributed by atoms with Gasteiger partial charge in [-0.05, 0) is 6.07 Å². The Morgan fingerprint density at radius 3 is 2.20 bits per heavy atom. The Kier molecular flexibility index (Phi) is 4.70. The van der Waals surface area contributed by atoms with Crippen molar-refractivity contribution >= 4 is 11.6 Å². The minimum absolute atomic E-state index is 0.0642. The summed E-state index contributed by atoms with van der Waals surface area (Å²) >= 11 is 0. The highest BCUT2D eigenvalue weighted by Crippen LogP contribution is 2.47. The first kappa shape index (κ1) is 17.0. The predicted octanol–water partition coefficient (Wildman–Crippen LogP) is 3.20. The van der Waals surface area contributed by atoms with Gasteiger partial charge in [-0.1, -0.05) is 6.07 Å². The molecule has 3 rings (SSSR count). The van der Waals surface area contributed by atoms with Gasteiger partial charge in [-0.2, -0.15) is 0 Å². The third kappa shape index (κ3) is 3.07. The van der Waals surface area contributed by atoms with Crippen LogP contribution in [0, 0.1) is 0 Å². The van der Waals surface area contributed by atoms with Gasteiger partial charge in [0.1, 0.15) is 23.0 Å². The van der Waals surface area contributed by atoms with E-state index in [9.17, 15) is 4.79 Å².